The third kappa shape index (κ3) is 3.55. The number of anilines is 3. The van der Waals surface area contributed by atoms with Crippen LogP contribution in [0.25, 0.3) is 33.1 Å². The van der Waals surface area contributed by atoms with Gasteiger partial charge in [0.2, 0.25) is 0 Å². The summed E-state index contributed by atoms with van der Waals surface area (Å²) >= 11 is 6.32. The summed E-state index contributed by atoms with van der Waals surface area (Å²) in [6.45, 7) is 0. The molecule has 5 aromatic carbocycles. The molecule has 0 bridgehead atoms. The summed E-state index contributed by atoms with van der Waals surface area (Å²) in [5.74, 6) is 0. The van der Waals surface area contributed by atoms with Crippen molar-refractivity contribution in [1.29, 1.82) is 0 Å². The second kappa shape index (κ2) is 8.16. The smallest absolute Gasteiger partial charge is 0.143 e. The van der Waals surface area contributed by atoms with Gasteiger partial charge in [0.05, 0.1) is 0 Å². The molecular formula is C30H20ClNO. The van der Waals surface area contributed by atoms with Gasteiger partial charge in [0.25, 0.3) is 0 Å². The summed E-state index contributed by atoms with van der Waals surface area (Å²) in [6, 6.07) is 41.3. The summed E-state index contributed by atoms with van der Waals surface area (Å²) < 4.78 is 6.24. The lowest BCUT2D eigenvalue weighted by atomic mass is 10.0. The van der Waals surface area contributed by atoms with Crippen molar-refractivity contribution < 1.29 is 4.42 Å². The second-order valence-corrected chi connectivity index (χ2v) is 8.41. The Hall–Kier alpha value is -4.01. The van der Waals surface area contributed by atoms with Crippen molar-refractivity contribution in [3.8, 4) is 11.1 Å². The van der Waals surface area contributed by atoms with Crippen LogP contribution >= 0.6 is 11.6 Å². The first kappa shape index (κ1) is 19.7. The van der Waals surface area contributed by atoms with E-state index in [-0.39, 0.29) is 0 Å². The Balaban J connectivity index is 1.46. The SMILES string of the molecule is Clc1cccc(N(c2ccccc2)c2ccc(-c3cccc4c3oc3ccccc34)cc2)c1. The number of hydrogen-bond donors (Lipinski definition) is 0. The van der Waals surface area contributed by atoms with Gasteiger partial charge >= 0.3 is 0 Å². The van der Waals surface area contributed by atoms with E-state index in [0.29, 0.717) is 5.02 Å². The van der Waals surface area contributed by atoms with Gasteiger partial charge < -0.3 is 9.32 Å². The number of furan rings is 1. The molecule has 0 saturated heterocycles. The summed E-state index contributed by atoms with van der Waals surface area (Å²) in [4.78, 5) is 2.21. The van der Waals surface area contributed by atoms with Crippen LogP contribution in [-0.2, 0) is 0 Å². The molecule has 0 atom stereocenters. The van der Waals surface area contributed by atoms with Gasteiger partial charge in [-0.15, -0.1) is 0 Å². The fourth-order valence-electron chi connectivity index (χ4n) is 4.40. The van der Waals surface area contributed by atoms with Crippen molar-refractivity contribution in [2.45, 2.75) is 0 Å². The lowest BCUT2D eigenvalue weighted by molar-refractivity contribution is 0.670. The molecule has 0 N–H and O–H groups in total. The monoisotopic (exact) mass is 445 g/mol. The van der Waals surface area contributed by atoms with Gasteiger partial charge in [-0.1, -0.05) is 84.4 Å². The van der Waals surface area contributed by atoms with Crippen molar-refractivity contribution in [3.05, 3.63) is 126 Å². The Bertz CT molecular complexity index is 1570. The largest absolute Gasteiger partial charge is 0.455 e. The molecule has 33 heavy (non-hydrogen) atoms. The first-order valence-electron chi connectivity index (χ1n) is 10.9. The average molecular weight is 446 g/mol. The minimum atomic E-state index is 0.710. The molecular weight excluding hydrogens is 426 g/mol. The number of rotatable bonds is 4. The van der Waals surface area contributed by atoms with E-state index in [9.17, 15) is 0 Å². The summed E-state index contributed by atoms with van der Waals surface area (Å²) in [5.41, 5.74) is 7.18. The topological polar surface area (TPSA) is 16.4 Å². The predicted octanol–water partition coefficient (Wildman–Crippen LogP) is 9.38. The molecule has 0 fully saturated rings. The number of halogens is 1. The third-order valence-electron chi connectivity index (χ3n) is 5.92. The van der Waals surface area contributed by atoms with Crippen LogP contribution < -0.4 is 4.90 Å². The van der Waals surface area contributed by atoms with Crippen molar-refractivity contribution in [2.75, 3.05) is 4.90 Å². The number of benzene rings is 5. The molecule has 2 nitrogen and oxygen atoms in total. The molecule has 6 rings (SSSR count). The summed E-state index contributed by atoms with van der Waals surface area (Å²) in [5, 5.41) is 2.99. The molecule has 3 heteroatoms. The Morgan fingerprint density at radius 1 is 0.545 bits per heavy atom. The Labute approximate surface area is 197 Å². The molecule has 158 valence electrons. The molecule has 0 unspecified atom stereocenters. The average Bonchev–Trinajstić information content (AvgIpc) is 3.24. The number of para-hydroxylation sites is 3. The van der Waals surface area contributed by atoms with Gasteiger partial charge in [-0.2, -0.15) is 0 Å². The molecule has 0 radical (unpaired) electrons. The third-order valence-corrected chi connectivity index (χ3v) is 6.16. The van der Waals surface area contributed by atoms with Gasteiger partial charge in [-0.3, -0.25) is 0 Å². The molecule has 1 heterocycles. The number of nitrogens with zero attached hydrogens (tertiary/aromatic N) is 1. The number of hydrogen-bond acceptors (Lipinski definition) is 2. The summed E-state index contributed by atoms with van der Waals surface area (Å²) in [7, 11) is 0. The van der Waals surface area contributed by atoms with Gasteiger partial charge in [0.1, 0.15) is 11.2 Å². The molecule has 0 amide bonds. The van der Waals surface area contributed by atoms with E-state index < -0.39 is 0 Å². The van der Waals surface area contributed by atoms with Gasteiger partial charge in [-0.05, 0) is 54.1 Å². The Morgan fingerprint density at radius 3 is 2.03 bits per heavy atom. The Kier molecular flexibility index (Phi) is 4.86. The normalized spacial score (nSPS) is 11.2. The van der Waals surface area contributed by atoms with Crippen LogP contribution in [0.4, 0.5) is 17.1 Å². The van der Waals surface area contributed by atoms with Crippen molar-refractivity contribution in [2.24, 2.45) is 0 Å². The lowest BCUT2D eigenvalue weighted by Gasteiger charge is -2.25. The maximum atomic E-state index is 6.32. The quantitative estimate of drug-likeness (QED) is 0.268. The zero-order valence-corrected chi connectivity index (χ0v) is 18.5. The zero-order chi connectivity index (χ0) is 22.2. The predicted molar refractivity (Wildman–Crippen MR) is 139 cm³/mol. The highest BCUT2D eigenvalue weighted by molar-refractivity contribution is 6.30. The van der Waals surface area contributed by atoms with Crippen LogP contribution in [0.15, 0.2) is 126 Å². The van der Waals surface area contributed by atoms with Crippen molar-refractivity contribution >= 4 is 50.6 Å². The van der Waals surface area contributed by atoms with Gasteiger partial charge in [0, 0.05) is 38.4 Å². The van der Waals surface area contributed by atoms with Crippen LogP contribution in [-0.4, -0.2) is 0 Å². The van der Waals surface area contributed by atoms with Gasteiger partial charge in [0.15, 0.2) is 0 Å². The molecule has 0 spiro atoms. The van der Waals surface area contributed by atoms with Gasteiger partial charge in [-0.25, -0.2) is 0 Å². The van der Waals surface area contributed by atoms with Crippen LogP contribution in [0.1, 0.15) is 0 Å². The standard InChI is InChI=1S/C30H20ClNO/c31-22-8-6-11-25(20-22)32(23-9-2-1-3-10-23)24-18-16-21(17-19-24)26-13-7-14-28-27-12-4-5-15-29(27)33-30(26)28/h1-20H. The molecule has 6 aromatic rings. The highest BCUT2D eigenvalue weighted by atomic mass is 35.5. The van der Waals surface area contributed by atoms with Crippen LogP contribution in [0.2, 0.25) is 5.02 Å². The molecule has 0 aliphatic heterocycles. The van der Waals surface area contributed by atoms with E-state index in [1.54, 1.807) is 0 Å². The van der Waals surface area contributed by atoms with E-state index >= 15 is 0 Å². The second-order valence-electron chi connectivity index (χ2n) is 7.98. The maximum absolute atomic E-state index is 6.32. The minimum Gasteiger partial charge on any atom is -0.455 e. The fraction of sp³-hybridized carbons (Fsp3) is 0. The fourth-order valence-corrected chi connectivity index (χ4v) is 4.59. The van der Waals surface area contributed by atoms with Crippen LogP contribution in [0.3, 0.4) is 0 Å². The molecule has 0 aliphatic rings. The first-order valence-corrected chi connectivity index (χ1v) is 11.3. The lowest BCUT2D eigenvalue weighted by Crippen LogP contribution is -2.09. The van der Waals surface area contributed by atoms with E-state index in [2.05, 4.69) is 71.6 Å². The highest BCUT2D eigenvalue weighted by Crippen LogP contribution is 2.39. The van der Waals surface area contributed by atoms with E-state index in [1.807, 2.05) is 54.6 Å². The van der Waals surface area contributed by atoms with Crippen LogP contribution in [0, 0.1) is 0 Å². The number of fused-ring (bicyclic) bond motifs is 3. The highest BCUT2D eigenvalue weighted by Gasteiger charge is 2.15. The summed E-state index contributed by atoms with van der Waals surface area (Å²) in [6.07, 6.45) is 0. The Morgan fingerprint density at radius 2 is 1.21 bits per heavy atom. The van der Waals surface area contributed by atoms with E-state index in [1.165, 1.54) is 0 Å². The van der Waals surface area contributed by atoms with Crippen molar-refractivity contribution in [1.82, 2.24) is 0 Å². The molecule has 1 aromatic heterocycles. The van der Waals surface area contributed by atoms with Crippen molar-refractivity contribution in [3.63, 3.8) is 0 Å². The van der Waals surface area contributed by atoms with E-state index in [0.717, 1.165) is 50.1 Å². The molecule has 0 aliphatic carbocycles. The molecule has 0 saturated carbocycles. The van der Waals surface area contributed by atoms with Crippen LogP contribution in [0.5, 0.6) is 0 Å². The minimum absolute atomic E-state index is 0.710. The first-order chi connectivity index (χ1) is 16.3. The zero-order valence-electron chi connectivity index (χ0n) is 17.8. The maximum Gasteiger partial charge on any atom is 0.143 e. The van der Waals surface area contributed by atoms with E-state index in [4.69, 9.17) is 16.0 Å².